The third-order valence-corrected chi connectivity index (χ3v) is 5.55. The Morgan fingerprint density at radius 1 is 0.882 bits per heavy atom. The lowest BCUT2D eigenvalue weighted by atomic mass is 9.94. The van der Waals surface area contributed by atoms with Crippen LogP contribution in [0.2, 0.25) is 0 Å². The van der Waals surface area contributed by atoms with Crippen molar-refractivity contribution in [3.8, 4) is 16.9 Å². The van der Waals surface area contributed by atoms with Gasteiger partial charge >= 0.3 is 6.18 Å². The van der Waals surface area contributed by atoms with Crippen molar-refractivity contribution in [2.24, 2.45) is 0 Å². The highest BCUT2D eigenvalue weighted by atomic mass is 19.4. The molecule has 7 nitrogen and oxygen atoms in total. The van der Waals surface area contributed by atoms with E-state index in [0.29, 0.717) is 34.7 Å². The van der Waals surface area contributed by atoms with Gasteiger partial charge in [0, 0.05) is 28.7 Å². The first-order valence-electron chi connectivity index (χ1n) is 10.3. The Morgan fingerprint density at radius 3 is 2.18 bits per heavy atom. The van der Waals surface area contributed by atoms with Gasteiger partial charge in [0.1, 0.15) is 5.76 Å². The molecular weight excluding hydrogens is 449 g/mol. The van der Waals surface area contributed by atoms with Crippen LogP contribution in [0.1, 0.15) is 37.7 Å². The molecule has 0 unspecified atom stereocenters. The van der Waals surface area contributed by atoms with E-state index in [2.05, 4.69) is 16.0 Å². The van der Waals surface area contributed by atoms with E-state index in [1.807, 2.05) is 0 Å². The summed E-state index contributed by atoms with van der Waals surface area (Å²) in [6.45, 7) is 0. The van der Waals surface area contributed by atoms with Crippen LogP contribution in [-0.4, -0.2) is 21.6 Å². The van der Waals surface area contributed by atoms with Gasteiger partial charge < -0.3 is 4.42 Å². The summed E-state index contributed by atoms with van der Waals surface area (Å²) in [5.74, 6) is -0.455. The van der Waals surface area contributed by atoms with E-state index in [1.165, 1.54) is 35.2 Å². The molecule has 0 saturated carbocycles. The standard InChI is InChI=1S/C24H17F3N4O3/c25-24(26,27)21-18-10-11-19-17(12-13-34-19)20(18)31(30-21)16-8-6-15(7-9-16)23(33)29-28-22(32)14-4-2-1-3-5-14/h1-9,12-13H,10-11H2,(H,28,32)(H,29,33). The lowest BCUT2D eigenvalue weighted by Crippen LogP contribution is -2.41. The molecule has 2 aromatic heterocycles. The van der Waals surface area contributed by atoms with Gasteiger partial charge in [0.15, 0.2) is 5.69 Å². The van der Waals surface area contributed by atoms with Crippen molar-refractivity contribution in [1.82, 2.24) is 20.6 Å². The topological polar surface area (TPSA) is 89.2 Å². The number of fused-ring (bicyclic) bond motifs is 3. The van der Waals surface area contributed by atoms with Crippen molar-refractivity contribution in [2.75, 3.05) is 0 Å². The minimum absolute atomic E-state index is 0.117. The second-order valence-corrected chi connectivity index (χ2v) is 7.66. The average molecular weight is 466 g/mol. The van der Waals surface area contributed by atoms with Gasteiger partial charge in [0.05, 0.1) is 17.6 Å². The number of halogens is 3. The minimum Gasteiger partial charge on any atom is -0.469 e. The lowest BCUT2D eigenvalue weighted by molar-refractivity contribution is -0.142. The van der Waals surface area contributed by atoms with E-state index in [1.54, 1.807) is 36.4 Å². The molecule has 2 aromatic carbocycles. The van der Waals surface area contributed by atoms with Crippen LogP contribution < -0.4 is 10.9 Å². The highest BCUT2D eigenvalue weighted by molar-refractivity contribution is 5.99. The summed E-state index contributed by atoms with van der Waals surface area (Å²) in [4.78, 5) is 24.5. The molecule has 172 valence electrons. The fourth-order valence-electron chi connectivity index (χ4n) is 3.96. The van der Waals surface area contributed by atoms with Gasteiger partial charge in [-0.1, -0.05) is 18.2 Å². The van der Waals surface area contributed by atoms with Crippen LogP contribution in [0.4, 0.5) is 13.2 Å². The molecule has 10 heteroatoms. The Bertz CT molecular complexity index is 1370. The fraction of sp³-hybridized carbons (Fsp3) is 0.125. The molecule has 5 rings (SSSR count). The first-order chi connectivity index (χ1) is 16.3. The number of hydrogen-bond acceptors (Lipinski definition) is 4. The number of rotatable bonds is 3. The van der Waals surface area contributed by atoms with Crippen molar-refractivity contribution in [3.63, 3.8) is 0 Å². The van der Waals surface area contributed by atoms with Gasteiger partial charge in [0.2, 0.25) is 0 Å². The van der Waals surface area contributed by atoms with Crippen LogP contribution in [-0.2, 0) is 19.0 Å². The van der Waals surface area contributed by atoms with Crippen LogP contribution in [0, 0.1) is 0 Å². The van der Waals surface area contributed by atoms with Gasteiger partial charge in [0.25, 0.3) is 11.8 Å². The summed E-state index contributed by atoms with van der Waals surface area (Å²) in [5, 5.41) is 3.87. The molecule has 0 fully saturated rings. The monoisotopic (exact) mass is 466 g/mol. The van der Waals surface area contributed by atoms with Crippen molar-refractivity contribution in [1.29, 1.82) is 0 Å². The molecule has 2 heterocycles. The van der Waals surface area contributed by atoms with Gasteiger partial charge in [-0.05, 0) is 48.9 Å². The summed E-state index contributed by atoms with van der Waals surface area (Å²) >= 11 is 0. The number of nitrogens with one attached hydrogen (secondary N) is 2. The molecule has 0 radical (unpaired) electrons. The molecular formula is C24H17F3N4O3. The van der Waals surface area contributed by atoms with Crippen molar-refractivity contribution in [2.45, 2.75) is 19.0 Å². The molecule has 0 spiro atoms. The lowest BCUT2D eigenvalue weighted by Gasteiger charge is -2.15. The number of benzene rings is 2. The molecule has 1 aliphatic rings. The number of hydrogen-bond donors (Lipinski definition) is 2. The summed E-state index contributed by atoms with van der Waals surface area (Å²) in [5.41, 5.74) is 5.65. The number of carbonyl (C=O) groups excluding carboxylic acids is 2. The van der Waals surface area contributed by atoms with Gasteiger partial charge in [-0.25, -0.2) is 4.68 Å². The molecule has 0 bridgehead atoms. The smallest absolute Gasteiger partial charge is 0.435 e. The average Bonchev–Trinajstić information content (AvgIpc) is 3.47. The zero-order chi connectivity index (χ0) is 23.9. The van der Waals surface area contributed by atoms with Gasteiger partial charge in [-0.3, -0.25) is 20.4 Å². The van der Waals surface area contributed by atoms with Gasteiger partial charge in [-0.15, -0.1) is 0 Å². The zero-order valence-corrected chi connectivity index (χ0v) is 17.5. The molecule has 2 amide bonds. The Balaban J connectivity index is 1.40. The Kier molecular flexibility index (Phi) is 5.20. The summed E-state index contributed by atoms with van der Waals surface area (Å²) < 4.78 is 47.6. The van der Waals surface area contributed by atoms with E-state index in [9.17, 15) is 22.8 Å². The largest absolute Gasteiger partial charge is 0.469 e. The van der Waals surface area contributed by atoms with Crippen LogP contribution in [0.5, 0.6) is 0 Å². The predicted octanol–water partition coefficient (Wildman–Crippen LogP) is 4.32. The maximum atomic E-state index is 13.7. The molecule has 34 heavy (non-hydrogen) atoms. The van der Waals surface area contributed by atoms with E-state index in [-0.39, 0.29) is 17.5 Å². The van der Waals surface area contributed by atoms with Crippen molar-refractivity contribution >= 4 is 11.8 Å². The number of carbonyl (C=O) groups is 2. The highest BCUT2D eigenvalue weighted by Gasteiger charge is 2.41. The fourth-order valence-corrected chi connectivity index (χ4v) is 3.96. The van der Waals surface area contributed by atoms with E-state index in [0.717, 1.165) is 0 Å². The number of hydrazine groups is 1. The Morgan fingerprint density at radius 2 is 1.53 bits per heavy atom. The third kappa shape index (κ3) is 3.83. The maximum absolute atomic E-state index is 13.7. The third-order valence-electron chi connectivity index (χ3n) is 5.55. The van der Waals surface area contributed by atoms with E-state index < -0.39 is 23.7 Å². The molecule has 0 atom stereocenters. The highest BCUT2D eigenvalue weighted by Crippen LogP contribution is 2.42. The first kappa shape index (κ1) is 21.5. The molecule has 2 N–H and O–H groups in total. The van der Waals surface area contributed by atoms with Gasteiger partial charge in [-0.2, -0.15) is 18.3 Å². The SMILES string of the molecule is O=C(NNC(=O)c1ccc(-n2nc(C(F)(F)F)c3c2-c2ccoc2CC3)cc1)c1ccccc1. The summed E-state index contributed by atoms with van der Waals surface area (Å²) in [6.07, 6.45) is -2.64. The second-order valence-electron chi connectivity index (χ2n) is 7.66. The summed E-state index contributed by atoms with van der Waals surface area (Å²) in [7, 11) is 0. The molecule has 1 aliphatic carbocycles. The molecule has 4 aromatic rings. The number of aromatic nitrogens is 2. The van der Waals surface area contributed by atoms with Crippen LogP contribution in [0.25, 0.3) is 16.9 Å². The van der Waals surface area contributed by atoms with E-state index in [4.69, 9.17) is 4.42 Å². The number of nitrogens with zero attached hydrogens (tertiary/aromatic N) is 2. The number of amides is 2. The van der Waals surface area contributed by atoms with Crippen LogP contribution >= 0.6 is 0 Å². The molecule has 0 saturated heterocycles. The first-order valence-corrected chi connectivity index (χ1v) is 10.3. The maximum Gasteiger partial charge on any atom is 0.435 e. The number of alkyl halides is 3. The normalized spacial score (nSPS) is 12.6. The number of furan rings is 1. The predicted molar refractivity (Wildman–Crippen MR) is 115 cm³/mol. The molecule has 0 aliphatic heterocycles. The van der Waals surface area contributed by atoms with Crippen molar-refractivity contribution in [3.05, 3.63) is 95.1 Å². The minimum atomic E-state index is -4.60. The van der Waals surface area contributed by atoms with E-state index >= 15 is 0 Å². The zero-order valence-electron chi connectivity index (χ0n) is 17.5. The quantitative estimate of drug-likeness (QED) is 0.440. The second kappa shape index (κ2) is 8.22. The van der Waals surface area contributed by atoms with Crippen LogP contribution in [0.15, 0.2) is 71.3 Å². The number of aryl methyl sites for hydroxylation is 1. The van der Waals surface area contributed by atoms with Crippen molar-refractivity contribution < 1.29 is 27.2 Å². The Labute approximate surface area is 191 Å². The van der Waals surface area contributed by atoms with Crippen LogP contribution in [0.3, 0.4) is 0 Å². The summed E-state index contributed by atoms with van der Waals surface area (Å²) in [6, 6.07) is 15.9. The Hall–Kier alpha value is -4.34.